The summed E-state index contributed by atoms with van der Waals surface area (Å²) >= 11 is 12.4. The Hall–Kier alpha value is -4.08. The maximum Gasteiger partial charge on any atom is 0.414 e. The minimum absolute atomic E-state index is 0.00560. The zero-order chi connectivity index (χ0) is 24.5. The second-order valence-corrected chi connectivity index (χ2v) is 6.77. The maximum atomic E-state index is 11.9. The molecule has 1 aromatic heterocycles. The minimum atomic E-state index is -1.21. The molecule has 1 aromatic carbocycles. The van der Waals surface area contributed by atoms with Crippen LogP contribution in [0.15, 0.2) is 40.4 Å². The van der Waals surface area contributed by atoms with Crippen LogP contribution in [0.4, 0.5) is 10.5 Å². The van der Waals surface area contributed by atoms with Gasteiger partial charge >= 0.3 is 12.1 Å². The lowest BCUT2D eigenvalue weighted by molar-refractivity contribution is -0.137. The molecular weight excluding hydrogens is 481 g/mol. The summed E-state index contributed by atoms with van der Waals surface area (Å²) in [6, 6.07) is 6.59. The van der Waals surface area contributed by atoms with Gasteiger partial charge in [-0.05, 0) is 25.1 Å². The number of carbonyl (C=O) groups is 3. The summed E-state index contributed by atoms with van der Waals surface area (Å²) in [7, 11) is 0. The van der Waals surface area contributed by atoms with Crippen molar-refractivity contribution >= 4 is 52.6 Å². The van der Waals surface area contributed by atoms with Crippen LogP contribution in [0.5, 0.6) is 11.5 Å². The van der Waals surface area contributed by atoms with E-state index in [1.165, 1.54) is 30.5 Å². The number of pyridine rings is 1. The van der Waals surface area contributed by atoms with E-state index in [9.17, 15) is 19.2 Å². The minimum Gasteiger partial charge on any atom is -0.480 e. The van der Waals surface area contributed by atoms with E-state index in [0.29, 0.717) is 0 Å². The first-order chi connectivity index (χ1) is 15.6. The van der Waals surface area contributed by atoms with Crippen molar-refractivity contribution in [2.45, 2.75) is 13.5 Å². The van der Waals surface area contributed by atoms with E-state index in [0.717, 1.165) is 10.6 Å². The molecular formula is C19H15Cl2N5O7. The van der Waals surface area contributed by atoms with Gasteiger partial charge in [0, 0.05) is 6.07 Å². The number of hydrazone groups is 1. The van der Waals surface area contributed by atoms with Crippen LogP contribution in [0.25, 0.3) is 0 Å². The van der Waals surface area contributed by atoms with Gasteiger partial charge in [-0.15, -0.1) is 0 Å². The van der Waals surface area contributed by atoms with Crippen molar-refractivity contribution in [3.63, 3.8) is 0 Å². The Bertz CT molecular complexity index is 1200. The molecule has 172 valence electrons. The van der Waals surface area contributed by atoms with E-state index < -0.39 is 35.8 Å². The van der Waals surface area contributed by atoms with Gasteiger partial charge in [-0.25, -0.2) is 4.79 Å². The Morgan fingerprint density at radius 2 is 1.91 bits per heavy atom. The number of carbonyl (C=O) groups excluding carboxylic acids is 2. The van der Waals surface area contributed by atoms with E-state index in [1.54, 1.807) is 6.92 Å². The fraction of sp³-hybridized carbons (Fsp3) is 0.158. The first-order valence-corrected chi connectivity index (χ1v) is 9.71. The summed E-state index contributed by atoms with van der Waals surface area (Å²) < 4.78 is 11.0. The lowest BCUT2D eigenvalue weighted by atomic mass is 10.3. The van der Waals surface area contributed by atoms with Gasteiger partial charge in [0.2, 0.25) is 5.71 Å². The number of hydrogen-bond acceptors (Lipinski definition) is 9. The number of nitrogens with zero attached hydrogens (tertiary/aromatic N) is 3. The maximum absolute atomic E-state index is 11.9. The second-order valence-electron chi connectivity index (χ2n) is 5.95. The van der Waals surface area contributed by atoms with Gasteiger partial charge < -0.3 is 19.1 Å². The van der Waals surface area contributed by atoms with Crippen LogP contribution < -0.4 is 21.0 Å². The van der Waals surface area contributed by atoms with Gasteiger partial charge in [0.1, 0.15) is 18.4 Å². The molecule has 0 radical (unpaired) electrons. The molecule has 0 spiro atoms. The smallest absolute Gasteiger partial charge is 0.414 e. The van der Waals surface area contributed by atoms with Crippen LogP contribution in [0.2, 0.25) is 10.0 Å². The number of nitriles is 1. The van der Waals surface area contributed by atoms with Crippen molar-refractivity contribution in [3.8, 4) is 17.6 Å². The van der Waals surface area contributed by atoms with Gasteiger partial charge in [0.05, 0.1) is 28.5 Å². The third-order valence-corrected chi connectivity index (χ3v) is 4.15. The molecule has 0 aliphatic rings. The van der Waals surface area contributed by atoms with Gasteiger partial charge in [-0.1, -0.05) is 23.2 Å². The molecule has 0 fully saturated rings. The molecule has 2 amide bonds. The highest BCUT2D eigenvalue weighted by atomic mass is 35.5. The van der Waals surface area contributed by atoms with Gasteiger partial charge in [-0.2, -0.15) is 10.4 Å². The number of nitrogens with one attached hydrogen (secondary N) is 2. The number of aromatic nitrogens is 1. The third-order valence-electron chi connectivity index (χ3n) is 3.59. The Morgan fingerprint density at radius 3 is 2.48 bits per heavy atom. The number of ether oxygens (including phenoxy) is 2. The quantitative estimate of drug-likeness (QED) is 0.367. The molecule has 14 heteroatoms. The van der Waals surface area contributed by atoms with E-state index in [2.05, 4.69) is 15.3 Å². The highest BCUT2D eigenvalue weighted by Gasteiger charge is 2.16. The highest BCUT2D eigenvalue weighted by Crippen LogP contribution is 2.38. The number of alkyl carbamates (subject to hydrolysis) is 1. The number of rotatable bonds is 8. The number of benzene rings is 1. The highest BCUT2D eigenvalue weighted by molar-refractivity contribution is 6.47. The van der Waals surface area contributed by atoms with Crippen LogP contribution in [-0.4, -0.2) is 40.0 Å². The van der Waals surface area contributed by atoms with Crippen LogP contribution >= 0.6 is 23.2 Å². The summed E-state index contributed by atoms with van der Waals surface area (Å²) in [6.07, 6.45) is 0.147. The number of aliphatic carboxylic acids is 1. The van der Waals surface area contributed by atoms with E-state index in [-0.39, 0.29) is 33.8 Å². The van der Waals surface area contributed by atoms with Gasteiger partial charge in [0.25, 0.3) is 11.5 Å². The Labute approximate surface area is 195 Å². The third kappa shape index (κ3) is 7.23. The van der Waals surface area contributed by atoms with Crippen molar-refractivity contribution in [2.75, 3.05) is 12.0 Å². The average Bonchev–Trinajstić information content (AvgIpc) is 2.73. The summed E-state index contributed by atoms with van der Waals surface area (Å²) in [4.78, 5) is 45.7. The summed E-state index contributed by atoms with van der Waals surface area (Å²) in [5.41, 5.74) is 1.37. The Morgan fingerprint density at radius 1 is 1.24 bits per heavy atom. The summed E-state index contributed by atoms with van der Waals surface area (Å²) in [5, 5.41) is 23.3. The largest absolute Gasteiger partial charge is 0.480 e. The van der Waals surface area contributed by atoms with Crippen LogP contribution in [0, 0.1) is 11.3 Å². The van der Waals surface area contributed by atoms with Crippen molar-refractivity contribution in [1.82, 2.24) is 9.88 Å². The normalized spacial score (nSPS) is 10.7. The van der Waals surface area contributed by atoms with Crippen molar-refractivity contribution in [3.05, 3.63) is 50.9 Å². The lowest BCUT2D eigenvalue weighted by Crippen LogP contribution is -2.36. The molecule has 2 rings (SSSR count). The Kier molecular flexibility index (Phi) is 8.79. The Balaban J connectivity index is 2.20. The predicted molar refractivity (Wildman–Crippen MR) is 117 cm³/mol. The van der Waals surface area contributed by atoms with Crippen LogP contribution in [-0.2, 0) is 20.9 Å². The number of carboxylic acids is 1. The number of imide groups is 1. The van der Waals surface area contributed by atoms with Gasteiger partial charge in [-0.3, -0.25) is 25.1 Å². The number of amides is 2. The lowest BCUT2D eigenvalue weighted by Gasteiger charge is -2.12. The number of carboxylic acid groups (broad SMARTS) is 1. The molecule has 12 nitrogen and oxygen atoms in total. The summed E-state index contributed by atoms with van der Waals surface area (Å²) in [6.45, 7) is 1.00. The molecule has 1 heterocycles. The molecule has 0 aliphatic carbocycles. The number of halogens is 2. The van der Waals surface area contributed by atoms with Crippen molar-refractivity contribution in [1.29, 1.82) is 5.26 Å². The first kappa shape index (κ1) is 25.2. The van der Waals surface area contributed by atoms with Gasteiger partial charge in [0.15, 0.2) is 5.75 Å². The van der Waals surface area contributed by atoms with Crippen LogP contribution in [0.3, 0.4) is 0 Å². The fourth-order valence-electron chi connectivity index (χ4n) is 2.24. The number of hydrogen-bond donors (Lipinski definition) is 3. The zero-order valence-electron chi connectivity index (χ0n) is 16.8. The molecule has 0 unspecified atom stereocenters. The topological polar surface area (TPSA) is 172 Å². The van der Waals surface area contributed by atoms with E-state index in [4.69, 9.17) is 38.3 Å². The molecule has 0 aliphatic heterocycles. The van der Waals surface area contributed by atoms with E-state index in [1.807, 2.05) is 5.32 Å². The fourth-order valence-corrected chi connectivity index (χ4v) is 2.81. The number of anilines is 1. The average molecular weight is 496 g/mol. The zero-order valence-corrected chi connectivity index (χ0v) is 18.3. The van der Waals surface area contributed by atoms with Crippen LogP contribution in [0.1, 0.15) is 6.92 Å². The van der Waals surface area contributed by atoms with Crippen molar-refractivity contribution in [2.24, 2.45) is 5.10 Å². The van der Waals surface area contributed by atoms with E-state index >= 15 is 0 Å². The molecule has 2 aromatic rings. The molecule has 3 N–H and O–H groups in total. The first-order valence-electron chi connectivity index (χ1n) is 8.95. The van der Waals surface area contributed by atoms with Crippen molar-refractivity contribution < 1.29 is 29.0 Å². The summed E-state index contributed by atoms with van der Waals surface area (Å²) in [5.74, 6) is -2.21. The molecule has 0 saturated carbocycles. The molecule has 0 bridgehead atoms. The molecule has 0 saturated heterocycles. The molecule has 0 atom stereocenters. The standard InChI is InChI=1S/C19H15Cl2N5O7/c1-2-32-19(31)23-18(30)14(7-22)25-24-10-5-12(20)17(13(21)6-10)33-11-3-4-15(27)26(8-11)9-16(28)29/h3-6,8,24H,2,9H2,1H3,(H,28,29)(H,23,30,31). The monoisotopic (exact) mass is 495 g/mol. The second kappa shape index (κ2) is 11.5. The SMILES string of the molecule is CCOC(=O)NC(=O)C(C#N)=NNc1cc(Cl)c(Oc2ccc(=O)n(CC(=O)O)c2)c(Cl)c1. The predicted octanol–water partition coefficient (Wildman–Crippen LogP) is 2.60. The molecule has 33 heavy (non-hydrogen) atoms.